The molecule has 62 valence electrons. The molecule has 0 saturated heterocycles. The van der Waals surface area contributed by atoms with E-state index in [-0.39, 0.29) is 0 Å². The van der Waals surface area contributed by atoms with Crippen LogP contribution < -0.4 is 10.6 Å². The van der Waals surface area contributed by atoms with Gasteiger partial charge in [-0.05, 0) is 13.0 Å². The van der Waals surface area contributed by atoms with Gasteiger partial charge in [0.1, 0.15) is 0 Å². The summed E-state index contributed by atoms with van der Waals surface area (Å²) in [4.78, 5) is 0. The first kappa shape index (κ1) is 9.92. The second-order valence-corrected chi connectivity index (χ2v) is 2.86. The standard InChI is InChI=1S/C8H20N2/c1-4-5-9-6-7-10-8(2)3/h8-10H,4-7H2,1-3H3. The molecule has 0 radical (unpaired) electrons. The van der Waals surface area contributed by atoms with Crippen LogP contribution in [0.3, 0.4) is 0 Å². The van der Waals surface area contributed by atoms with Gasteiger partial charge in [0.15, 0.2) is 0 Å². The molecule has 10 heavy (non-hydrogen) atoms. The van der Waals surface area contributed by atoms with Gasteiger partial charge in [0.2, 0.25) is 0 Å². The Balaban J connectivity index is 2.77. The van der Waals surface area contributed by atoms with Crippen molar-refractivity contribution >= 4 is 0 Å². The Morgan fingerprint density at radius 1 is 1.10 bits per heavy atom. The minimum Gasteiger partial charge on any atom is -0.315 e. The van der Waals surface area contributed by atoms with Crippen molar-refractivity contribution in [2.75, 3.05) is 19.6 Å². The van der Waals surface area contributed by atoms with E-state index in [0.717, 1.165) is 19.6 Å². The van der Waals surface area contributed by atoms with Crippen molar-refractivity contribution in [3.05, 3.63) is 0 Å². The largest absolute Gasteiger partial charge is 0.315 e. The van der Waals surface area contributed by atoms with Crippen LogP contribution >= 0.6 is 0 Å². The molecule has 0 heterocycles. The van der Waals surface area contributed by atoms with Crippen LogP contribution in [0, 0.1) is 0 Å². The molecule has 0 aromatic heterocycles. The smallest absolute Gasteiger partial charge is 0.00790 e. The monoisotopic (exact) mass is 144 g/mol. The van der Waals surface area contributed by atoms with Crippen molar-refractivity contribution in [3.63, 3.8) is 0 Å². The summed E-state index contributed by atoms with van der Waals surface area (Å²) in [6.45, 7) is 9.83. The Hall–Kier alpha value is -0.0800. The summed E-state index contributed by atoms with van der Waals surface area (Å²) < 4.78 is 0. The summed E-state index contributed by atoms with van der Waals surface area (Å²) in [5, 5.41) is 6.67. The molecule has 0 aliphatic heterocycles. The molecule has 0 aliphatic rings. The topological polar surface area (TPSA) is 24.1 Å². The highest BCUT2D eigenvalue weighted by molar-refractivity contribution is 4.54. The Labute approximate surface area is 64.4 Å². The van der Waals surface area contributed by atoms with E-state index in [0.29, 0.717) is 6.04 Å². The summed E-state index contributed by atoms with van der Waals surface area (Å²) >= 11 is 0. The minimum absolute atomic E-state index is 0.614. The van der Waals surface area contributed by atoms with Gasteiger partial charge in [-0.1, -0.05) is 20.8 Å². The average Bonchev–Trinajstić information content (AvgIpc) is 1.87. The first-order chi connectivity index (χ1) is 4.77. The third kappa shape index (κ3) is 7.92. The number of hydrogen-bond acceptors (Lipinski definition) is 2. The molecule has 0 rings (SSSR count). The first-order valence-corrected chi connectivity index (χ1v) is 4.21. The van der Waals surface area contributed by atoms with Gasteiger partial charge < -0.3 is 10.6 Å². The van der Waals surface area contributed by atoms with Crippen LogP contribution in [0.1, 0.15) is 27.2 Å². The molecule has 0 aromatic carbocycles. The first-order valence-electron chi connectivity index (χ1n) is 4.21. The van der Waals surface area contributed by atoms with Gasteiger partial charge in [0.25, 0.3) is 0 Å². The lowest BCUT2D eigenvalue weighted by molar-refractivity contribution is 0.555. The van der Waals surface area contributed by atoms with Crippen molar-refractivity contribution in [2.24, 2.45) is 0 Å². The van der Waals surface area contributed by atoms with Gasteiger partial charge in [0.05, 0.1) is 0 Å². The lowest BCUT2D eigenvalue weighted by atomic mass is 10.4. The molecule has 2 N–H and O–H groups in total. The van der Waals surface area contributed by atoms with Crippen LogP contribution in [0.5, 0.6) is 0 Å². The predicted molar refractivity (Wildman–Crippen MR) is 46.3 cm³/mol. The summed E-state index contributed by atoms with van der Waals surface area (Å²) in [6, 6.07) is 0.614. The van der Waals surface area contributed by atoms with Crippen LogP contribution in [-0.4, -0.2) is 25.7 Å². The highest BCUT2D eigenvalue weighted by atomic mass is 14.9. The minimum atomic E-state index is 0.614. The zero-order valence-electron chi connectivity index (χ0n) is 7.41. The quantitative estimate of drug-likeness (QED) is 0.543. The molecule has 0 fully saturated rings. The van der Waals surface area contributed by atoms with Crippen molar-refractivity contribution in [1.82, 2.24) is 10.6 Å². The second kappa shape index (κ2) is 7.03. The lowest BCUT2D eigenvalue weighted by Gasteiger charge is -2.07. The Morgan fingerprint density at radius 2 is 1.80 bits per heavy atom. The summed E-state index contributed by atoms with van der Waals surface area (Å²) in [7, 11) is 0. The van der Waals surface area contributed by atoms with E-state index in [1.54, 1.807) is 0 Å². The van der Waals surface area contributed by atoms with Gasteiger partial charge in [-0.25, -0.2) is 0 Å². The van der Waals surface area contributed by atoms with Gasteiger partial charge in [-0.15, -0.1) is 0 Å². The Kier molecular flexibility index (Phi) is 6.98. The van der Waals surface area contributed by atoms with Gasteiger partial charge in [-0.3, -0.25) is 0 Å². The molecule has 2 heteroatoms. The molecule has 0 aromatic rings. The van der Waals surface area contributed by atoms with Crippen LogP contribution in [-0.2, 0) is 0 Å². The maximum atomic E-state index is 3.34. The van der Waals surface area contributed by atoms with Crippen molar-refractivity contribution in [1.29, 1.82) is 0 Å². The number of nitrogens with one attached hydrogen (secondary N) is 2. The Bertz CT molecular complexity index is 62.3. The molecule has 0 saturated carbocycles. The lowest BCUT2D eigenvalue weighted by Crippen LogP contribution is -2.31. The fraction of sp³-hybridized carbons (Fsp3) is 1.00. The van der Waals surface area contributed by atoms with E-state index < -0.39 is 0 Å². The molecular formula is C8H20N2. The SMILES string of the molecule is CCCNCCNC(C)C. The van der Waals surface area contributed by atoms with E-state index in [1.165, 1.54) is 6.42 Å². The summed E-state index contributed by atoms with van der Waals surface area (Å²) in [5.74, 6) is 0. The molecule has 0 aliphatic carbocycles. The molecule has 0 amide bonds. The van der Waals surface area contributed by atoms with Crippen LogP contribution in [0.4, 0.5) is 0 Å². The van der Waals surface area contributed by atoms with Gasteiger partial charge in [-0.2, -0.15) is 0 Å². The third-order valence-electron chi connectivity index (χ3n) is 1.28. The molecule has 0 atom stereocenters. The van der Waals surface area contributed by atoms with Crippen molar-refractivity contribution in [3.8, 4) is 0 Å². The van der Waals surface area contributed by atoms with Crippen molar-refractivity contribution < 1.29 is 0 Å². The normalized spacial score (nSPS) is 10.8. The fourth-order valence-electron chi connectivity index (χ4n) is 0.751. The van der Waals surface area contributed by atoms with E-state index in [4.69, 9.17) is 0 Å². The number of hydrogen-bond donors (Lipinski definition) is 2. The highest BCUT2D eigenvalue weighted by Gasteiger charge is 1.89. The van der Waals surface area contributed by atoms with Gasteiger partial charge >= 0.3 is 0 Å². The molecule has 2 nitrogen and oxygen atoms in total. The molecule has 0 unspecified atom stereocenters. The average molecular weight is 144 g/mol. The Morgan fingerprint density at radius 3 is 2.30 bits per heavy atom. The number of rotatable bonds is 6. The van der Waals surface area contributed by atoms with Crippen molar-refractivity contribution in [2.45, 2.75) is 33.2 Å². The molecular weight excluding hydrogens is 124 g/mol. The summed E-state index contributed by atoms with van der Waals surface area (Å²) in [6.07, 6.45) is 1.22. The zero-order chi connectivity index (χ0) is 7.82. The zero-order valence-corrected chi connectivity index (χ0v) is 7.41. The molecule has 0 spiro atoms. The third-order valence-corrected chi connectivity index (χ3v) is 1.28. The second-order valence-electron chi connectivity index (χ2n) is 2.86. The van der Waals surface area contributed by atoms with E-state index in [9.17, 15) is 0 Å². The van der Waals surface area contributed by atoms with Crippen LogP contribution in [0.2, 0.25) is 0 Å². The van der Waals surface area contributed by atoms with E-state index >= 15 is 0 Å². The van der Waals surface area contributed by atoms with Crippen LogP contribution in [0.25, 0.3) is 0 Å². The molecule has 0 bridgehead atoms. The van der Waals surface area contributed by atoms with E-state index in [2.05, 4.69) is 31.4 Å². The predicted octanol–water partition coefficient (Wildman–Crippen LogP) is 0.984. The summed E-state index contributed by atoms with van der Waals surface area (Å²) in [5.41, 5.74) is 0. The van der Waals surface area contributed by atoms with Crippen LogP contribution in [0.15, 0.2) is 0 Å². The fourth-order valence-corrected chi connectivity index (χ4v) is 0.751. The highest BCUT2D eigenvalue weighted by Crippen LogP contribution is 1.73. The maximum Gasteiger partial charge on any atom is 0.00790 e. The van der Waals surface area contributed by atoms with E-state index in [1.807, 2.05) is 0 Å². The van der Waals surface area contributed by atoms with Gasteiger partial charge in [0, 0.05) is 19.1 Å². The maximum absolute atomic E-state index is 3.34.